The first kappa shape index (κ1) is 10.7. The van der Waals surface area contributed by atoms with Gasteiger partial charge in [0.2, 0.25) is 0 Å². The predicted molar refractivity (Wildman–Crippen MR) is 61.5 cm³/mol. The van der Waals surface area contributed by atoms with Gasteiger partial charge in [-0.05, 0) is 18.8 Å². The van der Waals surface area contributed by atoms with Gasteiger partial charge < -0.3 is 11.1 Å². The maximum Gasteiger partial charge on any atom is 0.322 e. The maximum atomic E-state index is 11.9. The van der Waals surface area contributed by atoms with Crippen molar-refractivity contribution in [2.45, 2.75) is 24.3 Å². The Labute approximate surface area is 102 Å². The zero-order valence-corrected chi connectivity index (χ0v) is 9.84. The molecule has 7 heteroatoms. The van der Waals surface area contributed by atoms with Crippen molar-refractivity contribution in [3.05, 3.63) is 16.1 Å². The highest BCUT2D eigenvalue weighted by Crippen LogP contribution is 2.46. The van der Waals surface area contributed by atoms with Crippen LogP contribution < -0.4 is 16.4 Å². The Hall–Kier alpha value is -1.47. The molecule has 17 heavy (non-hydrogen) atoms. The number of aromatic nitrogens is 1. The number of rotatable bonds is 3. The first-order chi connectivity index (χ1) is 8.17. The minimum Gasteiger partial charge on any atom is -0.327 e. The van der Waals surface area contributed by atoms with Crippen LogP contribution >= 0.6 is 11.3 Å². The molecular weight excluding hydrogens is 240 g/mol. The SMILES string of the molecule is NCC1(c2ncsc2C2CC2)NC(=O)NC1=O. The molecule has 1 aromatic rings. The van der Waals surface area contributed by atoms with Gasteiger partial charge in [-0.3, -0.25) is 10.1 Å². The minimum atomic E-state index is -1.17. The summed E-state index contributed by atoms with van der Waals surface area (Å²) in [6.45, 7) is 0.0219. The second-order valence-electron chi connectivity index (χ2n) is 4.36. The van der Waals surface area contributed by atoms with Gasteiger partial charge in [0.1, 0.15) is 0 Å². The fourth-order valence-corrected chi connectivity index (χ4v) is 3.15. The van der Waals surface area contributed by atoms with E-state index in [1.165, 1.54) is 11.3 Å². The van der Waals surface area contributed by atoms with E-state index in [1.807, 2.05) is 0 Å². The number of nitrogens with one attached hydrogen (secondary N) is 2. The molecule has 3 rings (SSSR count). The molecule has 0 radical (unpaired) electrons. The normalized spacial score (nSPS) is 28.1. The van der Waals surface area contributed by atoms with E-state index in [0.717, 1.165) is 17.7 Å². The fraction of sp³-hybridized carbons (Fsp3) is 0.500. The van der Waals surface area contributed by atoms with E-state index in [-0.39, 0.29) is 6.54 Å². The lowest BCUT2D eigenvalue weighted by molar-refractivity contribution is -0.124. The van der Waals surface area contributed by atoms with Gasteiger partial charge in [-0.1, -0.05) is 0 Å². The second-order valence-corrected chi connectivity index (χ2v) is 5.24. The highest BCUT2D eigenvalue weighted by Gasteiger charge is 2.50. The van der Waals surface area contributed by atoms with Crippen LogP contribution in [0.15, 0.2) is 5.51 Å². The van der Waals surface area contributed by atoms with Gasteiger partial charge in [0.15, 0.2) is 5.54 Å². The molecule has 1 aromatic heterocycles. The van der Waals surface area contributed by atoms with Gasteiger partial charge in [0, 0.05) is 11.4 Å². The van der Waals surface area contributed by atoms with Gasteiger partial charge in [-0.25, -0.2) is 9.78 Å². The molecule has 0 aromatic carbocycles. The molecule has 1 saturated carbocycles. The highest BCUT2D eigenvalue weighted by molar-refractivity contribution is 7.09. The summed E-state index contributed by atoms with van der Waals surface area (Å²) in [6.07, 6.45) is 2.23. The van der Waals surface area contributed by atoms with Crippen LogP contribution in [0.25, 0.3) is 0 Å². The molecule has 2 aliphatic rings. The van der Waals surface area contributed by atoms with Crippen LogP contribution in [-0.2, 0) is 10.3 Å². The van der Waals surface area contributed by atoms with E-state index in [2.05, 4.69) is 15.6 Å². The van der Waals surface area contributed by atoms with E-state index in [1.54, 1.807) is 5.51 Å². The van der Waals surface area contributed by atoms with Crippen LogP contribution in [0.2, 0.25) is 0 Å². The molecule has 1 unspecified atom stereocenters. The van der Waals surface area contributed by atoms with Gasteiger partial charge >= 0.3 is 6.03 Å². The van der Waals surface area contributed by atoms with Crippen LogP contribution in [0.1, 0.15) is 29.3 Å². The van der Waals surface area contributed by atoms with Crippen LogP contribution in [0.5, 0.6) is 0 Å². The van der Waals surface area contributed by atoms with Crippen molar-refractivity contribution in [2.24, 2.45) is 5.73 Å². The number of nitrogens with two attached hydrogens (primary N) is 1. The third-order valence-electron chi connectivity index (χ3n) is 3.20. The average molecular weight is 252 g/mol. The van der Waals surface area contributed by atoms with Gasteiger partial charge in [-0.2, -0.15) is 0 Å². The first-order valence-corrected chi connectivity index (χ1v) is 6.33. The number of urea groups is 1. The van der Waals surface area contributed by atoms with E-state index >= 15 is 0 Å². The van der Waals surface area contributed by atoms with Gasteiger partial charge in [0.25, 0.3) is 5.91 Å². The molecule has 0 spiro atoms. The summed E-state index contributed by atoms with van der Waals surface area (Å²) < 4.78 is 0. The Balaban J connectivity index is 2.07. The Morgan fingerprint density at radius 2 is 2.29 bits per heavy atom. The molecule has 1 aliphatic carbocycles. The molecule has 6 nitrogen and oxygen atoms in total. The lowest BCUT2D eigenvalue weighted by Crippen LogP contribution is -2.50. The van der Waals surface area contributed by atoms with Crippen molar-refractivity contribution < 1.29 is 9.59 Å². The highest BCUT2D eigenvalue weighted by atomic mass is 32.1. The van der Waals surface area contributed by atoms with Gasteiger partial charge in [-0.15, -0.1) is 11.3 Å². The third kappa shape index (κ3) is 1.46. The first-order valence-electron chi connectivity index (χ1n) is 5.45. The van der Waals surface area contributed by atoms with Crippen LogP contribution in [-0.4, -0.2) is 23.5 Å². The predicted octanol–water partition coefficient (Wildman–Crippen LogP) is 0.0139. The lowest BCUT2D eigenvalue weighted by Gasteiger charge is -2.23. The molecule has 0 bridgehead atoms. The van der Waals surface area contributed by atoms with E-state index in [4.69, 9.17) is 5.73 Å². The lowest BCUT2D eigenvalue weighted by atomic mass is 9.93. The number of hydrogen-bond acceptors (Lipinski definition) is 5. The molecule has 1 atom stereocenters. The topological polar surface area (TPSA) is 97.1 Å². The third-order valence-corrected chi connectivity index (χ3v) is 4.19. The monoisotopic (exact) mass is 252 g/mol. The van der Waals surface area contributed by atoms with Crippen molar-refractivity contribution in [3.8, 4) is 0 Å². The van der Waals surface area contributed by atoms with Crippen molar-refractivity contribution in [3.63, 3.8) is 0 Å². The number of thiazole rings is 1. The van der Waals surface area contributed by atoms with Crippen LogP contribution in [0.4, 0.5) is 4.79 Å². The fourth-order valence-electron chi connectivity index (χ4n) is 2.11. The zero-order valence-electron chi connectivity index (χ0n) is 9.03. The summed E-state index contributed by atoms with van der Waals surface area (Å²) in [5.41, 5.74) is 6.85. The summed E-state index contributed by atoms with van der Waals surface area (Å²) in [5, 5.41) is 4.84. The van der Waals surface area contributed by atoms with Crippen molar-refractivity contribution in [1.82, 2.24) is 15.6 Å². The number of hydrogen-bond donors (Lipinski definition) is 3. The Kier molecular flexibility index (Phi) is 2.20. The molecule has 1 saturated heterocycles. The van der Waals surface area contributed by atoms with E-state index in [9.17, 15) is 9.59 Å². The summed E-state index contributed by atoms with van der Waals surface area (Å²) in [6, 6.07) is -0.504. The van der Waals surface area contributed by atoms with Crippen molar-refractivity contribution in [1.29, 1.82) is 0 Å². The summed E-state index contributed by atoms with van der Waals surface area (Å²) in [4.78, 5) is 28.5. The van der Waals surface area contributed by atoms with Crippen LogP contribution in [0.3, 0.4) is 0 Å². The Morgan fingerprint density at radius 1 is 1.53 bits per heavy atom. The number of carbonyl (C=O) groups is 2. The molecule has 1 aliphatic heterocycles. The summed E-state index contributed by atoms with van der Waals surface area (Å²) >= 11 is 1.53. The molecule has 2 fully saturated rings. The van der Waals surface area contributed by atoms with Crippen molar-refractivity contribution >= 4 is 23.3 Å². The zero-order chi connectivity index (χ0) is 12.0. The summed E-state index contributed by atoms with van der Waals surface area (Å²) in [7, 11) is 0. The molecule has 3 amide bonds. The maximum absolute atomic E-state index is 11.9. The van der Waals surface area contributed by atoms with Gasteiger partial charge in [0.05, 0.1) is 11.2 Å². The molecule has 90 valence electrons. The Bertz CT molecular complexity index is 496. The molecular formula is C10H12N4O2S. The van der Waals surface area contributed by atoms with E-state index < -0.39 is 17.5 Å². The minimum absolute atomic E-state index is 0.0219. The summed E-state index contributed by atoms with van der Waals surface area (Å²) in [5.74, 6) is 0.0732. The van der Waals surface area contributed by atoms with Crippen molar-refractivity contribution in [2.75, 3.05) is 6.54 Å². The number of amides is 3. The number of imide groups is 1. The quantitative estimate of drug-likeness (QED) is 0.660. The average Bonchev–Trinajstić information content (AvgIpc) is 2.95. The standard InChI is InChI=1S/C10H12N4O2S/c11-3-10(8(15)13-9(16)14-10)7-6(5-1-2-5)17-4-12-7/h4-5H,1-3,11H2,(H2,13,14,15,16). The Morgan fingerprint density at radius 3 is 2.82 bits per heavy atom. The largest absolute Gasteiger partial charge is 0.327 e. The smallest absolute Gasteiger partial charge is 0.322 e. The second kappa shape index (κ2) is 3.51. The number of carbonyl (C=O) groups excluding carboxylic acids is 2. The molecule has 2 heterocycles. The molecule has 4 N–H and O–H groups in total. The number of nitrogens with zero attached hydrogens (tertiary/aromatic N) is 1. The van der Waals surface area contributed by atoms with Crippen LogP contribution in [0, 0.1) is 0 Å². The van der Waals surface area contributed by atoms with E-state index in [0.29, 0.717) is 11.6 Å².